The van der Waals surface area contributed by atoms with Crippen molar-refractivity contribution in [3.63, 3.8) is 0 Å². The summed E-state index contributed by atoms with van der Waals surface area (Å²) in [6, 6.07) is 13.1. The Hall–Kier alpha value is -2.54. The number of nitrogens with zero attached hydrogens (tertiary/aromatic N) is 1. The lowest BCUT2D eigenvalue weighted by Crippen LogP contribution is -2.33. The van der Waals surface area contributed by atoms with Crippen molar-refractivity contribution >= 4 is 21.6 Å². The Labute approximate surface area is 148 Å². The van der Waals surface area contributed by atoms with Gasteiger partial charge < -0.3 is 15.0 Å². The van der Waals surface area contributed by atoms with E-state index in [2.05, 4.69) is 5.32 Å². The molecule has 1 atom stereocenters. The number of methoxy groups -OCH3 is 1. The maximum atomic E-state index is 12.4. The van der Waals surface area contributed by atoms with Crippen molar-refractivity contribution < 1.29 is 17.9 Å². The lowest BCUT2D eigenvalue weighted by atomic mass is 10.1. The van der Waals surface area contributed by atoms with Gasteiger partial charge in [0, 0.05) is 19.0 Å². The van der Waals surface area contributed by atoms with Gasteiger partial charge in [0.2, 0.25) is 0 Å². The van der Waals surface area contributed by atoms with Gasteiger partial charge in [-0.1, -0.05) is 12.1 Å². The van der Waals surface area contributed by atoms with E-state index in [1.807, 2.05) is 6.92 Å². The lowest BCUT2D eigenvalue weighted by Gasteiger charge is -2.25. The molecule has 7 heteroatoms. The molecule has 0 fully saturated rings. The van der Waals surface area contributed by atoms with Crippen LogP contribution in [-0.4, -0.2) is 39.8 Å². The number of rotatable bonds is 5. The summed E-state index contributed by atoms with van der Waals surface area (Å²) in [4.78, 5) is 14.2. The van der Waals surface area contributed by atoms with Crippen LogP contribution in [0.1, 0.15) is 18.5 Å². The second-order valence-electron chi connectivity index (χ2n) is 5.79. The fourth-order valence-electron chi connectivity index (χ4n) is 2.28. The Balaban J connectivity index is 2.07. The first-order chi connectivity index (χ1) is 11.7. The summed E-state index contributed by atoms with van der Waals surface area (Å²) in [7, 11) is 0.0385. The second kappa shape index (κ2) is 7.57. The number of amides is 2. The molecule has 2 aromatic rings. The molecule has 0 bridgehead atoms. The van der Waals surface area contributed by atoms with E-state index in [0.29, 0.717) is 11.4 Å². The van der Waals surface area contributed by atoms with Gasteiger partial charge in [-0.3, -0.25) is 0 Å². The maximum absolute atomic E-state index is 12.4. The molecule has 2 aromatic carbocycles. The Kier molecular flexibility index (Phi) is 5.69. The van der Waals surface area contributed by atoms with Gasteiger partial charge in [-0.25, -0.2) is 13.2 Å². The molecule has 134 valence electrons. The highest BCUT2D eigenvalue weighted by Gasteiger charge is 2.18. The smallest absolute Gasteiger partial charge is 0.322 e. The van der Waals surface area contributed by atoms with Gasteiger partial charge in [0.15, 0.2) is 9.84 Å². The Morgan fingerprint density at radius 2 is 1.64 bits per heavy atom. The van der Waals surface area contributed by atoms with Gasteiger partial charge in [0.25, 0.3) is 0 Å². The summed E-state index contributed by atoms with van der Waals surface area (Å²) in [6.07, 6.45) is 1.17. The first-order valence-electron chi connectivity index (χ1n) is 7.70. The van der Waals surface area contributed by atoms with Crippen LogP contribution in [0.3, 0.4) is 0 Å². The van der Waals surface area contributed by atoms with Gasteiger partial charge in [-0.15, -0.1) is 0 Å². The van der Waals surface area contributed by atoms with Crippen molar-refractivity contribution in [2.24, 2.45) is 0 Å². The van der Waals surface area contributed by atoms with Gasteiger partial charge in [0.1, 0.15) is 5.75 Å². The lowest BCUT2D eigenvalue weighted by molar-refractivity contribution is 0.208. The highest BCUT2D eigenvalue weighted by molar-refractivity contribution is 7.90. The van der Waals surface area contributed by atoms with Crippen LogP contribution in [0.25, 0.3) is 0 Å². The van der Waals surface area contributed by atoms with Gasteiger partial charge in [0.05, 0.1) is 18.0 Å². The monoisotopic (exact) mass is 362 g/mol. The fraction of sp³-hybridized carbons (Fsp3) is 0.278. The second-order valence-corrected chi connectivity index (χ2v) is 7.80. The van der Waals surface area contributed by atoms with Gasteiger partial charge in [-0.05, 0) is 48.9 Å². The van der Waals surface area contributed by atoms with E-state index in [1.165, 1.54) is 6.26 Å². The first-order valence-corrected chi connectivity index (χ1v) is 9.59. The zero-order valence-electron chi connectivity index (χ0n) is 14.7. The summed E-state index contributed by atoms with van der Waals surface area (Å²) < 4.78 is 28.1. The number of nitrogens with one attached hydrogen (secondary N) is 1. The number of carbonyl (C=O) groups is 1. The quantitative estimate of drug-likeness (QED) is 0.885. The molecule has 0 radical (unpaired) electrons. The van der Waals surface area contributed by atoms with Crippen LogP contribution in [0.5, 0.6) is 5.75 Å². The van der Waals surface area contributed by atoms with E-state index in [1.54, 1.807) is 67.6 Å². The van der Waals surface area contributed by atoms with Crippen molar-refractivity contribution in [1.29, 1.82) is 0 Å². The van der Waals surface area contributed by atoms with E-state index in [-0.39, 0.29) is 17.0 Å². The molecule has 0 aromatic heterocycles. The van der Waals surface area contributed by atoms with Crippen LogP contribution in [0.2, 0.25) is 0 Å². The normalized spacial score (nSPS) is 12.3. The third-order valence-corrected chi connectivity index (χ3v) is 5.16. The van der Waals surface area contributed by atoms with Gasteiger partial charge >= 0.3 is 6.03 Å². The molecule has 0 aliphatic carbocycles. The first kappa shape index (κ1) is 18.8. The predicted molar refractivity (Wildman–Crippen MR) is 97.7 cm³/mol. The van der Waals surface area contributed by atoms with E-state index in [0.717, 1.165) is 5.56 Å². The van der Waals surface area contributed by atoms with Crippen LogP contribution in [0.15, 0.2) is 53.4 Å². The molecule has 1 unspecified atom stereocenters. The Morgan fingerprint density at radius 1 is 1.08 bits per heavy atom. The topological polar surface area (TPSA) is 75.7 Å². The van der Waals surface area contributed by atoms with E-state index < -0.39 is 9.84 Å². The number of hydrogen-bond acceptors (Lipinski definition) is 4. The summed E-state index contributed by atoms with van der Waals surface area (Å²) in [5, 5.41) is 2.81. The molecule has 2 amide bonds. The highest BCUT2D eigenvalue weighted by Crippen LogP contribution is 2.22. The third-order valence-electron chi connectivity index (χ3n) is 4.03. The largest absolute Gasteiger partial charge is 0.497 e. The molecule has 6 nitrogen and oxygen atoms in total. The molecule has 0 aliphatic rings. The van der Waals surface area contributed by atoms with Crippen molar-refractivity contribution in [1.82, 2.24) is 4.90 Å². The van der Waals surface area contributed by atoms with Crippen LogP contribution in [-0.2, 0) is 9.84 Å². The summed E-state index contributed by atoms with van der Waals surface area (Å²) in [5.74, 6) is 0.714. The third kappa shape index (κ3) is 4.73. The number of ether oxygens (including phenoxy) is 1. The molecular weight excluding hydrogens is 340 g/mol. The van der Waals surface area contributed by atoms with Gasteiger partial charge in [-0.2, -0.15) is 0 Å². The van der Waals surface area contributed by atoms with Crippen LogP contribution in [0.4, 0.5) is 10.5 Å². The predicted octanol–water partition coefficient (Wildman–Crippen LogP) is 3.32. The molecule has 0 saturated heterocycles. The van der Waals surface area contributed by atoms with Crippen molar-refractivity contribution in [2.45, 2.75) is 17.9 Å². The Morgan fingerprint density at radius 3 is 2.12 bits per heavy atom. The highest BCUT2D eigenvalue weighted by atomic mass is 32.2. The van der Waals surface area contributed by atoms with E-state index in [9.17, 15) is 13.2 Å². The molecule has 0 heterocycles. The molecular formula is C18H22N2O4S. The number of urea groups is 1. The zero-order chi connectivity index (χ0) is 18.6. The minimum absolute atomic E-state index is 0.216. The molecule has 0 aliphatic heterocycles. The fourth-order valence-corrected chi connectivity index (χ4v) is 2.91. The number of benzene rings is 2. The SMILES string of the molecule is COc1ccc(NC(=O)N(C)C(C)c2ccc(S(C)(=O)=O)cc2)cc1. The van der Waals surface area contributed by atoms with Crippen LogP contribution < -0.4 is 10.1 Å². The zero-order valence-corrected chi connectivity index (χ0v) is 15.5. The van der Waals surface area contributed by atoms with Crippen LogP contribution >= 0.6 is 0 Å². The van der Waals surface area contributed by atoms with Crippen molar-refractivity contribution in [3.8, 4) is 5.75 Å². The summed E-state index contributed by atoms with van der Waals surface area (Å²) in [5.41, 5.74) is 1.51. The van der Waals surface area contributed by atoms with E-state index in [4.69, 9.17) is 4.74 Å². The molecule has 0 spiro atoms. The Bertz CT molecular complexity index is 830. The average molecular weight is 362 g/mol. The number of sulfone groups is 1. The summed E-state index contributed by atoms with van der Waals surface area (Å²) >= 11 is 0. The van der Waals surface area contributed by atoms with Crippen LogP contribution in [0, 0.1) is 0 Å². The summed E-state index contributed by atoms with van der Waals surface area (Å²) in [6.45, 7) is 1.88. The molecule has 2 rings (SSSR count). The standard InChI is InChI=1S/C18H22N2O4S/c1-13(14-5-11-17(12-6-14)25(4,22)23)20(2)18(21)19-15-7-9-16(24-3)10-8-15/h5-13H,1-4H3,(H,19,21). The molecule has 0 saturated carbocycles. The number of hydrogen-bond donors (Lipinski definition) is 1. The maximum Gasteiger partial charge on any atom is 0.322 e. The minimum atomic E-state index is -3.23. The minimum Gasteiger partial charge on any atom is -0.497 e. The molecule has 25 heavy (non-hydrogen) atoms. The van der Waals surface area contributed by atoms with Crippen molar-refractivity contribution in [2.75, 3.05) is 25.7 Å². The van der Waals surface area contributed by atoms with E-state index >= 15 is 0 Å². The number of carbonyl (C=O) groups excluding carboxylic acids is 1. The van der Waals surface area contributed by atoms with Crippen molar-refractivity contribution in [3.05, 3.63) is 54.1 Å². The average Bonchev–Trinajstić information content (AvgIpc) is 2.60. The number of anilines is 1. The molecule has 1 N–H and O–H groups in total.